The van der Waals surface area contributed by atoms with Crippen molar-refractivity contribution in [3.05, 3.63) is 36.0 Å². The lowest BCUT2D eigenvalue weighted by atomic mass is 9.97. The zero-order valence-electron chi connectivity index (χ0n) is 13.5. The molecule has 2 unspecified atom stereocenters. The van der Waals surface area contributed by atoms with E-state index >= 15 is 0 Å². The van der Waals surface area contributed by atoms with E-state index in [1.807, 2.05) is 4.90 Å². The third kappa shape index (κ3) is 3.39. The number of likely N-dealkylation sites (tertiary alicyclic amines) is 1. The van der Waals surface area contributed by atoms with Gasteiger partial charge in [0.1, 0.15) is 11.9 Å². The van der Waals surface area contributed by atoms with Gasteiger partial charge in [0.05, 0.1) is 5.92 Å². The van der Waals surface area contributed by atoms with E-state index in [1.165, 1.54) is 12.1 Å². The Morgan fingerprint density at radius 3 is 3.12 bits per heavy atom. The molecule has 2 aliphatic heterocycles. The molecule has 2 atom stereocenters. The van der Waals surface area contributed by atoms with Crippen LogP contribution in [0.3, 0.4) is 0 Å². The monoisotopic (exact) mass is 346 g/mol. The summed E-state index contributed by atoms with van der Waals surface area (Å²) >= 11 is 0. The predicted molar refractivity (Wildman–Crippen MR) is 86.3 cm³/mol. The Bertz CT molecular complexity index is 761. The molecule has 0 spiro atoms. The fraction of sp³-hybridized carbons (Fsp3) is 0.438. The zero-order chi connectivity index (χ0) is 17.2. The minimum Gasteiger partial charge on any atom is -0.340 e. The molecule has 9 heteroatoms. The van der Waals surface area contributed by atoms with Crippen molar-refractivity contribution in [2.75, 3.05) is 19.6 Å². The highest BCUT2D eigenvalue weighted by Crippen LogP contribution is 2.28. The van der Waals surface area contributed by atoms with Gasteiger partial charge in [0.2, 0.25) is 17.6 Å². The van der Waals surface area contributed by atoms with E-state index in [4.69, 9.17) is 4.52 Å². The number of carbonyl (C=O) groups is 1. The number of carbonyl (C=O) groups excluding carboxylic acids is 1. The standard InChI is InChI=1S/C16H19FN6O2/c17-12-5-1-3-10(7-12)14-19-15(25-21-14)11-4-2-6-23(9-11)16(24)13-8-18-22-20-13/h1,3,5,7,11,13,18,20,22H,2,4,6,8-9H2. The molecule has 0 bridgehead atoms. The second kappa shape index (κ2) is 6.87. The molecule has 1 aromatic heterocycles. The number of rotatable bonds is 3. The first-order chi connectivity index (χ1) is 12.2. The Hall–Kier alpha value is -2.36. The van der Waals surface area contributed by atoms with Crippen molar-refractivity contribution < 1.29 is 13.7 Å². The van der Waals surface area contributed by atoms with Crippen molar-refractivity contribution in [3.63, 3.8) is 0 Å². The molecular weight excluding hydrogens is 327 g/mol. The molecule has 0 aliphatic carbocycles. The van der Waals surface area contributed by atoms with Gasteiger partial charge in [0.25, 0.3) is 0 Å². The summed E-state index contributed by atoms with van der Waals surface area (Å²) < 4.78 is 18.7. The van der Waals surface area contributed by atoms with E-state index in [-0.39, 0.29) is 23.7 Å². The van der Waals surface area contributed by atoms with Crippen LogP contribution in [-0.2, 0) is 4.79 Å². The van der Waals surface area contributed by atoms with Crippen molar-refractivity contribution in [1.29, 1.82) is 0 Å². The summed E-state index contributed by atoms with van der Waals surface area (Å²) in [4.78, 5) is 18.8. The Morgan fingerprint density at radius 2 is 2.32 bits per heavy atom. The smallest absolute Gasteiger partial charge is 0.242 e. The molecule has 1 amide bonds. The van der Waals surface area contributed by atoms with Crippen molar-refractivity contribution in [1.82, 2.24) is 31.4 Å². The lowest BCUT2D eigenvalue weighted by molar-refractivity contribution is -0.134. The number of hydrogen-bond donors (Lipinski definition) is 3. The van der Waals surface area contributed by atoms with Gasteiger partial charge in [-0.25, -0.2) is 15.2 Å². The van der Waals surface area contributed by atoms with E-state index in [0.717, 1.165) is 19.4 Å². The molecule has 25 heavy (non-hydrogen) atoms. The Labute approximate surface area is 143 Å². The summed E-state index contributed by atoms with van der Waals surface area (Å²) in [6.45, 7) is 1.81. The number of piperidine rings is 1. The first-order valence-corrected chi connectivity index (χ1v) is 8.32. The van der Waals surface area contributed by atoms with Crippen molar-refractivity contribution in [2.24, 2.45) is 0 Å². The summed E-state index contributed by atoms with van der Waals surface area (Å²) in [5, 5.41) is 3.96. The van der Waals surface area contributed by atoms with Crippen LogP contribution in [0.15, 0.2) is 28.8 Å². The number of nitrogens with one attached hydrogen (secondary N) is 3. The van der Waals surface area contributed by atoms with Gasteiger partial charge in [-0.3, -0.25) is 4.79 Å². The Kier molecular flexibility index (Phi) is 4.43. The molecule has 2 fully saturated rings. The highest BCUT2D eigenvalue weighted by atomic mass is 19.1. The van der Waals surface area contributed by atoms with E-state index in [9.17, 15) is 9.18 Å². The van der Waals surface area contributed by atoms with Gasteiger partial charge < -0.3 is 9.42 Å². The SMILES string of the molecule is O=C(C1CNNN1)N1CCCC(c2nc(-c3cccc(F)c3)no2)C1. The van der Waals surface area contributed by atoms with Gasteiger partial charge in [-0.2, -0.15) is 10.5 Å². The summed E-state index contributed by atoms with van der Waals surface area (Å²) in [6, 6.07) is 5.82. The van der Waals surface area contributed by atoms with Gasteiger partial charge in [-0.15, -0.1) is 0 Å². The number of hydrogen-bond acceptors (Lipinski definition) is 7. The normalized spacial score (nSPS) is 23.8. The fourth-order valence-corrected chi connectivity index (χ4v) is 3.24. The fourth-order valence-electron chi connectivity index (χ4n) is 3.24. The summed E-state index contributed by atoms with van der Waals surface area (Å²) in [5.41, 5.74) is 9.10. The van der Waals surface area contributed by atoms with Crippen molar-refractivity contribution >= 4 is 5.91 Å². The van der Waals surface area contributed by atoms with Crippen LogP contribution in [0, 0.1) is 5.82 Å². The summed E-state index contributed by atoms with van der Waals surface area (Å²) in [6.07, 6.45) is 1.75. The molecule has 2 aromatic rings. The molecule has 3 N–H and O–H groups in total. The maximum atomic E-state index is 13.4. The number of halogens is 1. The van der Waals surface area contributed by atoms with Gasteiger partial charge in [0.15, 0.2) is 0 Å². The van der Waals surface area contributed by atoms with E-state index < -0.39 is 0 Å². The van der Waals surface area contributed by atoms with Gasteiger partial charge >= 0.3 is 0 Å². The molecule has 0 radical (unpaired) electrons. The van der Waals surface area contributed by atoms with Crippen LogP contribution in [0.5, 0.6) is 0 Å². The number of benzene rings is 1. The summed E-state index contributed by atoms with van der Waals surface area (Å²) in [5.74, 6) is 0.558. The maximum absolute atomic E-state index is 13.4. The molecule has 132 valence electrons. The van der Waals surface area contributed by atoms with Crippen LogP contribution in [0.4, 0.5) is 4.39 Å². The average Bonchev–Trinajstić information content (AvgIpc) is 3.33. The predicted octanol–water partition coefficient (Wildman–Crippen LogP) is 0.563. The topological polar surface area (TPSA) is 95.3 Å². The first kappa shape index (κ1) is 16.1. The molecule has 0 saturated carbocycles. The third-order valence-electron chi connectivity index (χ3n) is 4.55. The van der Waals surface area contributed by atoms with Gasteiger partial charge in [0, 0.05) is 25.2 Å². The van der Waals surface area contributed by atoms with Crippen LogP contribution in [-0.4, -0.2) is 46.6 Å². The Balaban J connectivity index is 1.47. The van der Waals surface area contributed by atoms with Gasteiger partial charge in [-0.05, 0) is 25.0 Å². The highest BCUT2D eigenvalue weighted by Gasteiger charge is 2.33. The van der Waals surface area contributed by atoms with Crippen LogP contribution >= 0.6 is 0 Å². The largest absolute Gasteiger partial charge is 0.340 e. The second-order valence-electron chi connectivity index (χ2n) is 6.29. The van der Waals surface area contributed by atoms with Crippen LogP contribution in [0.1, 0.15) is 24.7 Å². The molecule has 2 aliphatic rings. The first-order valence-electron chi connectivity index (χ1n) is 8.32. The molecule has 4 rings (SSSR count). The molecule has 3 heterocycles. The number of nitrogens with zero attached hydrogens (tertiary/aromatic N) is 3. The lowest BCUT2D eigenvalue weighted by Crippen LogP contribution is -2.49. The minimum absolute atomic E-state index is 0.00479. The second-order valence-corrected chi connectivity index (χ2v) is 6.29. The van der Waals surface area contributed by atoms with Crippen LogP contribution < -0.4 is 16.4 Å². The maximum Gasteiger partial charge on any atom is 0.242 e. The third-order valence-corrected chi connectivity index (χ3v) is 4.55. The van der Waals surface area contributed by atoms with Gasteiger partial charge in [-0.1, -0.05) is 17.3 Å². The van der Waals surface area contributed by atoms with Crippen molar-refractivity contribution in [3.8, 4) is 11.4 Å². The average molecular weight is 346 g/mol. The quantitative estimate of drug-likeness (QED) is 0.747. The number of hydrazine groups is 2. The number of aromatic nitrogens is 2. The highest BCUT2D eigenvalue weighted by molar-refractivity contribution is 5.82. The van der Waals surface area contributed by atoms with E-state index in [1.54, 1.807) is 12.1 Å². The zero-order valence-corrected chi connectivity index (χ0v) is 13.5. The molecular formula is C16H19FN6O2. The Morgan fingerprint density at radius 1 is 1.40 bits per heavy atom. The number of amides is 1. The lowest BCUT2D eigenvalue weighted by Gasteiger charge is -2.32. The minimum atomic E-state index is -0.343. The van der Waals surface area contributed by atoms with Crippen molar-refractivity contribution in [2.45, 2.75) is 24.8 Å². The molecule has 2 saturated heterocycles. The van der Waals surface area contributed by atoms with Crippen LogP contribution in [0.2, 0.25) is 0 Å². The van der Waals surface area contributed by atoms with E-state index in [2.05, 4.69) is 26.5 Å². The molecule has 8 nitrogen and oxygen atoms in total. The van der Waals surface area contributed by atoms with Crippen LogP contribution in [0.25, 0.3) is 11.4 Å². The van der Waals surface area contributed by atoms with E-state index in [0.29, 0.717) is 30.4 Å². The summed E-state index contributed by atoms with van der Waals surface area (Å²) in [7, 11) is 0. The molecule has 1 aromatic carbocycles.